The molecule has 1 aromatic carbocycles. The van der Waals surface area contributed by atoms with Crippen LogP contribution in [0.3, 0.4) is 0 Å². The number of carboxylic acids is 1. The third kappa shape index (κ3) is 8.07. The second-order valence-electron chi connectivity index (χ2n) is 11.2. The Morgan fingerprint density at radius 1 is 1.15 bits per heavy atom. The van der Waals surface area contributed by atoms with Crippen molar-refractivity contribution in [1.82, 2.24) is 14.5 Å². The highest BCUT2D eigenvalue weighted by Crippen LogP contribution is 2.32. The number of carboxylic acid groups (broad SMARTS) is 1. The van der Waals surface area contributed by atoms with Gasteiger partial charge in [0.25, 0.3) is 0 Å². The lowest BCUT2D eigenvalue weighted by atomic mass is 9.98. The zero-order valence-corrected chi connectivity index (χ0v) is 23.9. The molecule has 1 saturated heterocycles. The molecule has 40 heavy (non-hydrogen) atoms. The van der Waals surface area contributed by atoms with Gasteiger partial charge < -0.3 is 24.0 Å². The normalized spacial score (nSPS) is 14.9. The number of aromatic carboxylic acids is 1. The Morgan fingerprint density at radius 3 is 2.52 bits per heavy atom. The summed E-state index contributed by atoms with van der Waals surface area (Å²) in [6.45, 7) is 9.13. The topological polar surface area (TPSA) is 89.7 Å². The number of aromatic nitrogens is 3. The summed E-state index contributed by atoms with van der Waals surface area (Å²) < 4.78 is 53.2. The molecule has 4 rings (SSSR count). The summed E-state index contributed by atoms with van der Waals surface area (Å²) in [6, 6.07) is 10.9. The number of alkyl halides is 3. The number of halogens is 3. The van der Waals surface area contributed by atoms with Gasteiger partial charge in [0.05, 0.1) is 12.2 Å². The molecule has 1 N–H and O–H groups in total. The van der Waals surface area contributed by atoms with Crippen LogP contribution in [0.15, 0.2) is 48.8 Å². The number of hydrogen-bond donors (Lipinski definition) is 1. The molecule has 0 spiro atoms. The Morgan fingerprint density at radius 2 is 1.90 bits per heavy atom. The molecule has 0 radical (unpaired) electrons. The minimum Gasteiger partial charge on any atom is -0.493 e. The number of pyridine rings is 1. The maximum Gasteiger partial charge on any atom is 0.434 e. The van der Waals surface area contributed by atoms with Gasteiger partial charge in [0.1, 0.15) is 24.1 Å². The first kappa shape index (κ1) is 29.6. The average molecular weight is 577 g/mol. The molecule has 8 nitrogen and oxygen atoms in total. The van der Waals surface area contributed by atoms with Crippen molar-refractivity contribution in [1.29, 1.82) is 0 Å². The van der Waals surface area contributed by atoms with Crippen molar-refractivity contribution < 1.29 is 32.5 Å². The van der Waals surface area contributed by atoms with Crippen LogP contribution in [-0.4, -0.2) is 60.0 Å². The fraction of sp³-hybridized carbons (Fsp3) is 0.464. The standard InChI is InChI=1S/C28H35F3N4O4Si/c1-40(2,3)14-13-38-19-35-17-24(28(29,30)31)33-26(35)22-7-8-25(32-16-22)34-11-9-20(10-12-34)18-39-23-6-4-5-21(15-23)27(36)37/h4-8,15-17,20H,9-14,18-19H2,1-3H3,(H,36,37). The van der Waals surface area contributed by atoms with E-state index in [0.717, 1.165) is 44.0 Å². The van der Waals surface area contributed by atoms with Crippen molar-refractivity contribution in [3.63, 3.8) is 0 Å². The highest BCUT2D eigenvalue weighted by atomic mass is 28.3. The first-order valence-corrected chi connectivity index (χ1v) is 17.0. The van der Waals surface area contributed by atoms with Crippen LogP contribution in [0.1, 0.15) is 28.9 Å². The van der Waals surface area contributed by atoms with E-state index >= 15 is 0 Å². The Bertz CT molecular complexity index is 1280. The number of carbonyl (C=O) groups is 1. The Labute approximate surface area is 232 Å². The van der Waals surface area contributed by atoms with Gasteiger partial charge in [0.15, 0.2) is 5.69 Å². The second kappa shape index (κ2) is 12.4. The number of imidazole rings is 1. The van der Waals surface area contributed by atoms with Gasteiger partial charge in [0, 0.05) is 45.7 Å². The maximum atomic E-state index is 13.4. The van der Waals surface area contributed by atoms with Gasteiger partial charge in [-0.25, -0.2) is 14.8 Å². The minimum absolute atomic E-state index is 0.0131. The molecule has 2 aromatic heterocycles. The molecule has 1 aliphatic rings. The van der Waals surface area contributed by atoms with E-state index in [1.165, 1.54) is 16.7 Å². The molecule has 0 saturated carbocycles. The zero-order valence-electron chi connectivity index (χ0n) is 22.9. The summed E-state index contributed by atoms with van der Waals surface area (Å²) in [5, 5.41) is 9.14. The van der Waals surface area contributed by atoms with Crippen LogP contribution in [0.5, 0.6) is 5.75 Å². The number of ether oxygens (including phenoxy) is 2. The lowest BCUT2D eigenvalue weighted by Crippen LogP contribution is -2.36. The number of nitrogens with zero attached hydrogens (tertiary/aromatic N) is 4. The number of rotatable bonds is 11. The van der Waals surface area contributed by atoms with Gasteiger partial charge in [0.2, 0.25) is 0 Å². The molecule has 1 aliphatic heterocycles. The summed E-state index contributed by atoms with van der Waals surface area (Å²) in [7, 11) is -1.32. The number of hydrogen-bond acceptors (Lipinski definition) is 6. The van der Waals surface area contributed by atoms with Gasteiger partial charge in [-0.3, -0.25) is 0 Å². The monoisotopic (exact) mass is 576 g/mol. The molecule has 1 fully saturated rings. The van der Waals surface area contributed by atoms with Crippen molar-refractivity contribution in [3.8, 4) is 17.1 Å². The third-order valence-corrected chi connectivity index (χ3v) is 8.51. The van der Waals surface area contributed by atoms with E-state index in [1.54, 1.807) is 24.4 Å². The lowest BCUT2D eigenvalue weighted by Gasteiger charge is -2.32. The zero-order chi connectivity index (χ0) is 28.9. The van der Waals surface area contributed by atoms with Crippen LogP contribution in [0.4, 0.5) is 19.0 Å². The van der Waals surface area contributed by atoms with E-state index in [1.807, 2.05) is 6.07 Å². The predicted molar refractivity (Wildman–Crippen MR) is 148 cm³/mol. The van der Waals surface area contributed by atoms with Crippen molar-refractivity contribution >= 4 is 19.9 Å². The number of benzene rings is 1. The fourth-order valence-electron chi connectivity index (χ4n) is 4.39. The van der Waals surface area contributed by atoms with E-state index in [4.69, 9.17) is 14.6 Å². The molecule has 216 valence electrons. The van der Waals surface area contributed by atoms with E-state index < -0.39 is 25.9 Å². The molecule has 3 aromatic rings. The molecule has 0 unspecified atom stereocenters. The number of piperidine rings is 1. The molecule has 0 atom stereocenters. The van der Waals surface area contributed by atoms with Gasteiger partial charge >= 0.3 is 12.1 Å². The Kier molecular flexibility index (Phi) is 9.19. The van der Waals surface area contributed by atoms with Gasteiger partial charge in [-0.05, 0) is 55.1 Å². The van der Waals surface area contributed by atoms with Gasteiger partial charge in [-0.1, -0.05) is 25.7 Å². The van der Waals surface area contributed by atoms with Crippen LogP contribution >= 0.6 is 0 Å². The number of anilines is 1. The molecule has 0 aliphatic carbocycles. The highest BCUT2D eigenvalue weighted by molar-refractivity contribution is 6.76. The van der Waals surface area contributed by atoms with Crippen LogP contribution in [0, 0.1) is 5.92 Å². The SMILES string of the molecule is C[Si](C)(C)CCOCn1cc(C(F)(F)F)nc1-c1ccc(N2CCC(COc3cccc(C(=O)O)c3)CC2)nc1. The summed E-state index contributed by atoms with van der Waals surface area (Å²) >= 11 is 0. The fourth-order valence-corrected chi connectivity index (χ4v) is 5.15. The average Bonchev–Trinajstić information content (AvgIpc) is 3.35. The molecule has 0 amide bonds. The van der Waals surface area contributed by atoms with Crippen molar-refractivity contribution in [2.45, 2.75) is 51.4 Å². The minimum atomic E-state index is -4.56. The van der Waals surface area contributed by atoms with Crippen molar-refractivity contribution in [3.05, 3.63) is 60.0 Å². The smallest absolute Gasteiger partial charge is 0.434 e. The Balaban J connectivity index is 1.35. The van der Waals surface area contributed by atoms with Crippen LogP contribution in [0.2, 0.25) is 25.7 Å². The highest BCUT2D eigenvalue weighted by Gasteiger charge is 2.35. The van der Waals surface area contributed by atoms with E-state index in [0.29, 0.717) is 30.4 Å². The van der Waals surface area contributed by atoms with Gasteiger partial charge in [-0.15, -0.1) is 0 Å². The van der Waals surface area contributed by atoms with E-state index in [-0.39, 0.29) is 18.1 Å². The Hall–Kier alpha value is -3.38. The molecule has 3 heterocycles. The molecule has 12 heteroatoms. The summed E-state index contributed by atoms with van der Waals surface area (Å²) in [5.41, 5.74) is -0.284. The first-order chi connectivity index (χ1) is 18.9. The van der Waals surface area contributed by atoms with Crippen molar-refractivity contribution in [2.24, 2.45) is 5.92 Å². The summed E-state index contributed by atoms with van der Waals surface area (Å²) in [5.74, 6) is 0.777. The first-order valence-electron chi connectivity index (χ1n) is 13.3. The predicted octanol–water partition coefficient (Wildman–Crippen LogP) is 6.27. The lowest BCUT2D eigenvalue weighted by molar-refractivity contribution is -0.141. The largest absolute Gasteiger partial charge is 0.493 e. The van der Waals surface area contributed by atoms with Crippen LogP contribution in [0.25, 0.3) is 11.4 Å². The molecule has 0 bridgehead atoms. The van der Waals surface area contributed by atoms with Crippen LogP contribution < -0.4 is 9.64 Å². The van der Waals surface area contributed by atoms with E-state index in [9.17, 15) is 18.0 Å². The quantitative estimate of drug-likeness (QED) is 0.213. The third-order valence-electron chi connectivity index (χ3n) is 6.81. The molecular formula is C28H35F3N4O4Si. The van der Waals surface area contributed by atoms with E-state index in [2.05, 4.69) is 34.5 Å². The summed E-state index contributed by atoms with van der Waals surface area (Å²) in [6.07, 6.45) is -0.269. The summed E-state index contributed by atoms with van der Waals surface area (Å²) in [4.78, 5) is 21.7. The van der Waals surface area contributed by atoms with Gasteiger partial charge in [-0.2, -0.15) is 13.2 Å². The maximum absolute atomic E-state index is 13.4. The van der Waals surface area contributed by atoms with Crippen LogP contribution in [-0.2, 0) is 17.6 Å². The second-order valence-corrected chi connectivity index (χ2v) is 16.9. The molecular weight excluding hydrogens is 541 g/mol. The van der Waals surface area contributed by atoms with Crippen molar-refractivity contribution in [2.75, 3.05) is 31.2 Å².